The Kier molecular flexibility index (Phi) is 3.15. The molecular weight excluding hydrogens is 200 g/mol. The molecule has 3 nitrogen and oxygen atoms in total. The predicted octanol–water partition coefficient (Wildman–Crippen LogP) is 2.12. The normalized spacial score (nSPS) is 25.1. The maximum Gasteiger partial charge on any atom is 0.131 e. The van der Waals surface area contributed by atoms with E-state index in [1.165, 1.54) is 6.42 Å². The van der Waals surface area contributed by atoms with Crippen LogP contribution in [0.2, 0.25) is 0 Å². The van der Waals surface area contributed by atoms with Gasteiger partial charge in [0.2, 0.25) is 0 Å². The lowest BCUT2D eigenvalue weighted by atomic mass is 10.1. The molecule has 0 bridgehead atoms. The fraction of sp³-hybridized carbons (Fsp3) is 0.615. The lowest BCUT2D eigenvalue weighted by Gasteiger charge is -2.24. The van der Waals surface area contributed by atoms with E-state index in [-0.39, 0.29) is 6.61 Å². The average Bonchev–Trinajstić information content (AvgIpc) is 2.57. The van der Waals surface area contributed by atoms with Crippen LogP contribution in [0.4, 0.5) is 5.82 Å². The van der Waals surface area contributed by atoms with Crippen molar-refractivity contribution in [1.29, 1.82) is 0 Å². The van der Waals surface area contributed by atoms with Crippen LogP contribution in [0.1, 0.15) is 31.4 Å². The number of hydrogen-bond donors (Lipinski definition) is 1. The molecule has 1 aliphatic rings. The Bertz CT molecular complexity index is 378. The van der Waals surface area contributed by atoms with Crippen molar-refractivity contribution in [3.63, 3.8) is 0 Å². The maximum atomic E-state index is 9.06. The van der Waals surface area contributed by atoms with E-state index in [1.807, 2.05) is 6.07 Å². The van der Waals surface area contributed by atoms with Crippen LogP contribution in [-0.2, 0) is 6.61 Å². The minimum absolute atomic E-state index is 0.0695. The van der Waals surface area contributed by atoms with Gasteiger partial charge in [-0.05, 0) is 43.4 Å². The standard InChI is InChI=1S/C13H20N2O/c1-9-4-11(3)15(7-9)13-10(2)5-12(8-16)6-14-13/h5-6,9,11,16H,4,7-8H2,1-3H3. The smallest absolute Gasteiger partial charge is 0.131 e. The van der Waals surface area contributed by atoms with Gasteiger partial charge < -0.3 is 10.0 Å². The van der Waals surface area contributed by atoms with Gasteiger partial charge in [0.15, 0.2) is 0 Å². The van der Waals surface area contributed by atoms with Gasteiger partial charge in [-0.3, -0.25) is 0 Å². The summed E-state index contributed by atoms with van der Waals surface area (Å²) in [7, 11) is 0. The van der Waals surface area contributed by atoms with E-state index < -0.39 is 0 Å². The van der Waals surface area contributed by atoms with Gasteiger partial charge >= 0.3 is 0 Å². The molecule has 1 aromatic heterocycles. The third kappa shape index (κ3) is 2.05. The summed E-state index contributed by atoms with van der Waals surface area (Å²) in [6.45, 7) is 7.77. The number of anilines is 1. The Morgan fingerprint density at radius 1 is 1.50 bits per heavy atom. The van der Waals surface area contributed by atoms with Gasteiger partial charge in [-0.2, -0.15) is 0 Å². The second-order valence-corrected chi connectivity index (χ2v) is 4.98. The van der Waals surface area contributed by atoms with Crippen molar-refractivity contribution in [2.24, 2.45) is 5.92 Å². The van der Waals surface area contributed by atoms with Crippen molar-refractivity contribution in [2.75, 3.05) is 11.4 Å². The fourth-order valence-electron chi connectivity index (χ4n) is 2.61. The largest absolute Gasteiger partial charge is 0.392 e. The Hall–Kier alpha value is -1.09. The maximum absolute atomic E-state index is 9.06. The summed E-state index contributed by atoms with van der Waals surface area (Å²) < 4.78 is 0. The van der Waals surface area contributed by atoms with Crippen LogP contribution >= 0.6 is 0 Å². The Morgan fingerprint density at radius 2 is 2.25 bits per heavy atom. The molecule has 1 fully saturated rings. The molecule has 1 N–H and O–H groups in total. The van der Waals surface area contributed by atoms with E-state index in [0.717, 1.165) is 29.4 Å². The van der Waals surface area contributed by atoms with Crippen LogP contribution in [0, 0.1) is 12.8 Å². The molecule has 1 aromatic rings. The molecule has 1 aliphatic heterocycles. The lowest BCUT2D eigenvalue weighted by Crippen LogP contribution is -2.28. The van der Waals surface area contributed by atoms with Gasteiger partial charge in [-0.15, -0.1) is 0 Å². The quantitative estimate of drug-likeness (QED) is 0.829. The molecule has 3 heteroatoms. The molecule has 0 amide bonds. The van der Waals surface area contributed by atoms with Crippen LogP contribution in [-0.4, -0.2) is 22.7 Å². The lowest BCUT2D eigenvalue weighted by molar-refractivity contribution is 0.281. The van der Waals surface area contributed by atoms with Gasteiger partial charge in [0.1, 0.15) is 5.82 Å². The number of aromatic nitrogens is 1. The van der Waals surface area contributed by atoms with Gasteiger partial charge in [-0.25, -0.2) is 4.98 Å². The van der Waals surface area contributed by atoms with E-state index in [2.05, 4.69) is 30.7 Å². The highest BCUT2D eigenvalue weighted by Gasteiger charge is 2.27. The second kappa shape index (κ2) is 4.42. The van der Waals surface area contributed by atoms with Crippen molar-refractivity contribution in [1.82, 2.24) is 4.98 Å². The first-order valence-corrected chi connectivity index (χ1v) is 5.95. The van der Waals surface area contributed by atoms with Crippen LogP contribution < -0.4 is 4.90 Å². The highest BCUT2D eigenvalue weighted by Crippen LogP contribution is 2.29. The minimum Gasteiger partial charge on any atom is -0.392 e. The number of pyridine rings is 1. The van der Waals surface area contributed by atoms with Crippen LogP contribution in [0.25, 0.3) is 0 Å². The first kappa shape index (κ1) is 11.4. The average molecular weight is 220 g/mol. The summed E-state index contributed by atoms with van der Waals surface area (Å²) in [5.74, 6) is 1.82. The van der Waals surface area contributed by atoms with E-state index in [0.29, 0.717) is 6.04 Å². The third-order valence-corrected chi connectivity index (χ3v) is 3.35. The number of aryl methyl sites for hydroxylation is 1. The molecule has 0 spiro atoms. The molecule has 1 saturated heterocycles. The summed E-state index contributed by atoms with van der Waals surface area (Å²) in [4.78, 5) is 6.86. The summed E-state index contributed by atoms with van der Waals surface area (Å²) in [6, 6.07) is 2.60. The summed E-state index contributed by atoms with van der Waals surface area (Å²) >= 11 is 0. The Morgan fingerprint density at radius 3 is 2.75 bits per heavy atom. The first-order chi connectivity index (χ1) is 7.61. The van der Waals surface area contributed by atoms with Gasteiger partial charge in [0, 0.05) is 18.8 Å². The summed E-state index contributed by atoms with van der Waals surface area (Å²) in [5.41, 5.74) is 2.05. The summed E-state index contributed by atoms with van der Waals surface area (Å²) in [5, 5.41) is 9.06. The monoisotopic (exact) mass is 220 g/mol. The SMILES string of the molecule is Cc1cc(CO)cnc1N1CC(C)CC1C. The number of rotatable bonds is 2. The van der Waals surface area contributed by atoms with Crippen molar-refractivity contribution >= 4 is 5.82 Å². The van der Waals surface area contributed by atoms with Crippen molar-refractivity contribution in [2.45, 2.75) is 39.8 Å². The zero-order chi connectivity index (χ0) is 11.7. The molecule has 16 heavy (non-hydrogen) atoms. The third-order valence-electron chi connectivity index (χ3n) is 3.35. The Balaban J connectivity index is 2.27. The highest BCUT2D eigenvalue weighted by atomic mass is 16.3. The number of aliphatic hydroxyl groups is 1. The van der Waals surface area contributed by atoms with E-state index in [4.69, 9.17) is 5.11 Å². The molecule has 2 atom stereocenters. The van der Waals surface area contributed by atoms with Crippen LogP contribution in [0.15, 0.2) is 12.3 Å². The molecule has 0 aromatic carbocycles. The first-order valence-electron chi connectivity index (χ1n) is 5.95. The van der Waals surface area contributed by atoms with Crippen molar-refractivity contribution in [3.05, 3.63) is 23.4 Å². The van der Waals surface area contributed by atoms with Crippen LogP contribution in [0.3, 0.4) is 0 Å². The van der Waals surface area contributed by atoms with Crippen molar-refractivity contribution in [3.8, 4) is 0 Å². The molecule has 88 valence electrons. The van der Waals surface area contributed by atoms with E-state index in [1.54, 1.807) is 6.20 Å². The Labute approximate surface area is 97.1 Å². The highest BCUT2D eigenvalue weighted by molar-refractivity contribution is 5.49. The van der Waals surface area contributed by atoms with E-state index >= 15 is 0 Å². The predicted molar refractivity (Wildman–Crippen MR) is 65.5 cm³/mol. The fourth-order valence-corrected chi connectivity index (χ4v) is 2.61. The van der Waals surface area contributed by atoms with Gasteiger partial charge in [0.05, 0.1) is 6.61 Å². The molecule has 0 radical (unpaired) electrons. The zero-order valence-electron chi connectivity index (χ0n) is 10.3. The molecule has 2 unspecified atom stereocenters. The van der Waals surface area contributed by atoms with E-state index in [9.17, 15) is 0 Å². The minimum atomic E-state index is 0.0695. The molecule has 0 aliphatic carbocycles. The molecule has 2 rings (SSSR count). The molecule has 2 heterocycles. The molecular formula is C13H20N2O. The molecule has 0 saturated carbocycles. The zero-order valence-corrected chi connectivity index (χ0v) is 10.3. The second-order valence-electron chi connectivity index (χ2n) is 4.98. The number of aliphatic hydroxyl groups excluding tert-OH is 1. The van der Waals surface area contributed by atoms with Crippen LogP contribution in [0.5, 0.6) is 0 Å². The number of nitrogens with zero attached hydrogens (tertiary/aromatic N) is 2. The van der Waals surface area contributed by atoms with Crippen molar-refractivity contribution < 1.29 is 5.11 Å². The van der Waals surface area contributed by atoms with Gasteiger partial charge in [0.25, 0.3) is 0 Å². The number of hydrogen-bond acceptors (Lipinski definition) is 3. The van der Waals surface area contributed by atoms with Gasteiger partial charge in [-0.1, -0.05) is 6.92 Å². The summed E-state index contributed by atoms with van der Waals surface area (Å²) in [6.07, 6.45) is 3.01. The topological polar surface area (TPSA) is 36.4 Å².